The van der Waals surface area contributed by atoms with Gasteiger partial charge in [0.25, 0.3) is 10.0 Å². The predicted octanol–water partition coefficient (Wildman–Crippen LogP) is 8.31. The zero-order valence-electron chi connectivity index (χ0n) is 30.1. The van der Waals surface area contributed by atoms with Crippen LogP contribution in [0, 0.1) is 11.6 Å². The van der Waals surface area contributed by atoms with Gasteiger partial charge in [-0.3, -0.25) is 14.0 Å². The quantitative estimate of drug-likeness (QED) is 0.194. The van der Waals surface area contributed by atoms with E-state index in [4.69, 9.17) is 21.1 Å². The lowest BCUT2D eigenvalue weighted by atomic mass is 9.93. The largest absolute Gasteiger partial charge is 0.497 e. The Morgan fingerprint density at radius 3 is 2.21 bits per heavy atom. The number of halogens is 8. The Morgan fingerprint density at radius 2 is 1.64 bits per heavy atom. The maximum Gasteiger partial charge on any atom is 0.454 e. The van der Waals surface area contributed by atoms with E-state index in [1.165, 1.54) is 41.2 Å². The van der Waals surface area contributed by atoms with Crippen LogP contribution in [0.3, 0.4) is 0 Å². The predicted molar refractivity (Wildman–Crippen MR) is 193 cm³/mol. The number of hydrogen-bond donors (Lipinski definition) is 1. The van der Waals surface area contributed by atoms with Gasteiger partial charge in [-0.05, 0) is 79.6 Å². The lowest BCUT2D eigenvalue weighted by Crippen LogP contribution is -2.49. The number of anilines is 3. The Balaban J connectivity index is 1.31. The van der Waals surface area contributed by atoms with E-state index in [9.17, 15) is 40.0 Å². The fourth-order valence-corrected chi connectivity index (χ4v) is 8.93. The van der Waals surface area contributed by atoms with Crippen molar-refractivity contribution in [1.29, 1.82) is 0 Å². The minimum Gasteiger partial charge on any atom is -0.497 e. The third kappa shape index (κ3) is 8.37. The fourth-order valence-electron chi connectivity index (χ4n) is 7.22. The molecule has 1 saturated carbocycles. The van der Waals surface area contributed by atoms with Crippen LogP contribution < -0.4 is 24.2 Å². The maximum atomic E-state index is 15.5. The lowest BCUT2D eigenvalue weighted by Gasteiger charge is -2.32. The molecular weight excluding hydrogens is 797 g/mol. The van der Waals surface area contributed by atoms with Gasteiger partial charge < -0.3 is 19.7 Å². The molecule has 2 heterocycles. The van der Waals surface area contributed by atoms with Gasteiger partial charge in [0.15, 0.2) is 11.6 Å². The smallest absolute Gasteiger partial charge is 0.454 e. The highest BCUT2D eigenvalue weighted by Gasteiger charge is 2.57. The van der Waals surface area contributed by atoms with E-state index in [1.807, 2.05) is 0 Å². The zero-order chi connectivity index (χ0) is 40.7. The van der Waals surface area contributed by atoms with E-state index in [0.717, 1.165) is 12.1 Å². The van der Waals surface area contributed by atoms with Crippen molar-refractivity contribution >= 4 is 50.7 Å². The number of ether oxygens (including phenoxy) is 2. The third-order valence-corrected chi connectivity index (χ3v) is 12.1. The summed E-state index contributed by atoms with van der Waals surface area (Å²) in [6.07, 6.45) is -5.97. The van der Waals surface area contributed by atoms with Gasteiger partial charge in [0, 0.05) is 36.5 Å². The first-order valence-electron chi connectivity index (χ1n) is 17.7. The van der Waals surface area contributed by atoms with Crippen LogP contribution in [0.2, 0.25) is 5.02 Å². The molecule has 3 aromatic carbocycles. The Bertz CT molecular complexity index is 2060. The summed E-state index contributed by atoms with van der Waals surface area (Å²) >= 11 is 5.88. The maximum absolute atomic E-state index is 15.5. The molecule has 1 N–H and O–H groups in total. The number of alkyl halides is 5. The van der Waals surface area contributed by atoms with Crippen LogP contribution in [-0.2, 0) is 26.1 Å². The number of amides is 2. The van der Waals surface area contributed by atoms with E-state index in [-0.39, 0.29) is 67.5 Å². The summed E-state index contributed by atoms with van der Waals surface area (Å²) in [5.41, 5.74) is 0.0989. The van der Waals surface area contributed by atoms with Crippen LogP contribution >= 0.6 is 11.6 Å². The van der Waals surface area contributed by atoms with Crippen LogP contribution in [0.15, 0.2) is 53.4 Å². The van der Waals surface area contributed by atoms with E-state index >= 15 is 8.78 Å². The lowest BCUT2D eigenvalue weighted by molar-refractivity contribution is -0.279. The number of fused-ring (bicyclic) bond motifs is 1. The highest BCUT2D eigenvalue weighted by molar-refractivity contribution is 7.92. The van der Waals surface area contributed by atoms with Crippen molar-refractivity contribution in [2.45, 2.75) is 87.1 Å². The number of nitrogens with zero attached hydrogens (tertiary/aromatic N) is 3. The van der Waals surface area contributed by atoms with Crippen molar-refractivity contribution in [2.24, 2.45) is 0 Å². The van der Waals surface area contributed by atoms with Gasteiger partial charge in [-0.15, -0.1) is 0 Å². The molecule has 1 aliphatic carbocycles. The van der Waals surface area contributed by atoms with Crippen LogP contribution in [0.25, 0.3) is 0 Å². The van der Waals surface area contributed by atoms with Crippen LogP contribution in [-0.4, -0.2) is 71.4 Å². The van der Waals surface area contributed by atoms with Gasteiger partial charge in [0.1, 0.15) is 17.5 Å². The summed E-state index contributed by atoms with van der Waals surface area (Å²) < 4.78 is 137. The molecule has 0 bridgehead atoms. The molecular formula is C37H38ClF7N4O6S. The molecule has 1 unspecified atom stereocenters. The number of rotatable bonds is 11. The number of hydrogen-bond acceptors (Lipinski definition) is 7. The van der Waals surface area contributed by atoms with Crippen LogP contribution in [0.5, 0.6) is 5.75 Å². The molecule has 3 aliphatic rings. The summed E-state index contributed by atoms with van der Waals surface area (Å²) in [4.78, 5) is 29.2. The number of sulfonamides is 1. The molecule has 3 aromatic rings. The SMILES string of the molecule is COc1ccc(CN(c2c(F)cc(Cl)cc2F)S(=O)(=O)c2cc3c(c(N4CCCC4=O)c2)N(C(=O)OC2CCC(NCC(F)(F)C(F)(F)F)CC2)CC3C)cc1. The van der Waals surface area contributed by atoms with Crippen molar-refractivity contribution in [3.8, 4) is 5.75 Å². The summed E-state index contributed by atoms with van der Waals surface area (Å²) in [7, 11) is -3.40. The van der Waals surface area contributed by atoms with Crippen LogP contribution in [0.4, 0.5) is 52.6 Å². The van der Waals surface area contributed by atoms with Gasteiger partial charge in [-0.25, -0.2) is 22.0 Å². The summed E-state index contributed by atoms with van der Waals surface area (Å²) in [6, 6.07) is 9.58. The molecule has 0 radical (unpaired) electrons. The molecule has 10 nitrogen and oxygen atoms in total. The van der Waals surface area contributed by atoms with Gasteiger partial charge >= 0.3 is 18.2 Å². The van der Waals surface area contributed by atoms with Crippen molar-refractivity contribution in [2.75, 3.05) is 40.8 Å². The third-order valence-electron chi connectivity index (χ3n) is 10.2. The minimum absolute atomic E-state index is 0.00608. The molecule has 19 heteroatoms. The first kappa shape index (κ1) is 41.3. The number of methoxy groups -OCH3 is 1. The Morgan fingerprint density at radius 1 is 1.00 bits per heavy atom. The monoisotopic (exact) mass is 834 g/mol. The standard InChI is InChI=1S/C37H38ClF7N4O6S/c1-21-18-48(35(51)55-26-11-7-24(8-12-26)46-20-36(41,42)37(43,44)45)33-28(21)16-27(17-31(33)47-13-3-4-32(47)50)56(52,53)49(19-22-5-9-25(54-2)10-6-22)34-29(39)14-23(38)15-30(34)40/h5-6,9-10,14-17,21,24,26,46H,3-4,7-8,11-13,18-20H2,1-2H3. The zero-order valence-corrected chi connectivity index (χ0v) is 31.7. The van der Waals surface area contributed by atoms with Crippen LogP contribution in [0.1, 0.15) is 62.5 Å². The second kappa shape index (κ2) is 15.9. The molecule has 6 rings (SSSR count). The topological polar surface area (TPSA) is 108 Å². The van der Waals surface area contributed by atoms with Crippen molar-refractivity contribution in [3.05, 3.63) is 76.3 Å². The Hall–Kier alpha value is -4.29. The molecule has 2 aliphatic heterocycles. The molecule has 1 atom stereocenters. The average molecular weight is 835 g/mol. The first-order valence-corrected chi connectivity index (χ1v) is 19.6. The first-order chi connectivity index (χ1) is 26.3. The molecule has 0 spiro atoms. The Kier molecular flexibility index (Phi) is 11.8. The number of carbonyl (C=O) groups excluding carboxylic acids is 2. The van der Waals surface area contributed by atoms with Crippen molar-refractivity contribution < 1.29 is 58.2 Å². The molecule has 0 aromatic heterocycles. The van der Waals surface area contributed by atoms with Gasteiger partial charge in [-0.2, -0.15) is 22.0 Å². The van der Waals surface area contributed by atoms with E-state index in [2.05, 4.69) is 5.32 Å². The van der Waals surface area contributed by atoms with Gasteiger partial charge in [0.2, 0.25) is 5.91 Å². The molecule has 56 heavy (non-hydrogen) atoms. The number of benzene rings is 3. The van der Waals surface area contributed by atoms with Gasteiger partial charge in [0.05, 0.1) is 36.5 Å². The van der Waals surface area contributed by atoms with Crippen molar-refractivity contribution in [3.63, 3.8) is 0 Å². The molecule has 1 saturated heterocycles. The summed E-state index contributed by atoms with van der Waals surface area (Å²) in [5.74, 6) is -7.79. The number of nitrogens with one attached hydrogen (secondary N) is 1. The number of carbonyl (C=O) groups is 2. The molecule has 2 amide bonds. The summed E-state index contributed by atoms with van der Waals surface area (Å²) in [5, 5.41) is 1.96. The van der Waals surface area contributed by atoms with E-state index < -0.39 is 81.6 Å². The fraction of sp³-hybridized carbons (Fsp3) is 0.459. The summed E-state index contributed by atoms with van der Waals surface area (Å²) in [6.45, 7) is -0.183. The second-order valence-electron chi connectivity index (χ2n) is 14.1. The molecule has 304 valence electrons. The minimum atomic E-state index is -5.69. The van der Waals surface area contributed by atoms with E-state index in [1.54, 1.807) is 19.1 Å². The normalized spacial score (nSPS) is 20.3. The van der Waals surface area contributed by atoms with Gasteiger partial charge in [-0.1, -0.05) is 30.7 Å². The van der Waals surface area contributed by atoms with E-state index in [0.29, 0.717) is 27.6 Å². The Labute approximate surface area is 323 Å². The molecule has 2 fully saturated rings. The average Bonchev–Trinajstić information content (AvgIpc) is 3.72. The van der Waals surface area contributed by atoms with Crippen molar-refractivity contribution in [1.82, 2.24) is 5.32 Å². The highest BCUT2D eigenvalue weighted by atomic mass is 35.5. The highest BCUT2D eigenvalue weighted by Crippen LogP contribution is 2.47. The second-order valence-corrected chi connectivity index (χ2v) is 16.4.